The van der Waals surface area contributed by atoms with Crippen LogP contribution in [0.25, 0.3) is 0 Å². The molecule has 1 amide bonds. The Kier molecular flexibility index (Phi) is 10.7. The molecule has 0 bridgehead atoms. The monoisotopic (exact) mass is 503 g/mol. The lowest BCUT2D eigenvalue weighted by Gasteiger charge is -2.12. The summed E-state index contributed by atoms with van der Waals surface area (Å²) >= 11 is 1.35. The second-order valence-electron chi connectivity index (χ2n) is 5.49. The average Bonchev–Trinajstić information content (AvgIpc) is 3.09. The number of aliphatic imine (C=N–C) groups is 1. The molecule has 0 saturated carbocycles. The number of thiazole rings is 1. The van der Waals surface area contributed by atoms with Crippen LogP contribution in [0.3, 0.4) is 0 Å². The third kappa shape index (κ3) is 7.71. The van der Waals surface area contributed by atoms with Crippen LogP contribution in [-0.2, 0) is 6.54 Å². The molecule has 0 aliphatic rings. The molecule has 1 aromatic carbocycles. The van der Waals surface area contributed by atoms with Crippen LogP contribution in [0.5, 0.6) is 5.75 Å². The zero-order valence-electron chi connectivity index (χ0n) is 15.7. The van der Waals surface area contributed by atoms with Crippen LogP contribution in [0, 0.1) is 6.92 Å². The summed E-state index contributed by atoms with van der Waals surface area (Å²) in [5, 5.41) is 9.29. The van der Waals surface area contributed by atoms with E-state index in [0.29, 0.717) is 30.5 Å². The number of ether oxygens (including phenoxy) is 1. The van der Waals surface area contributed by atoms with E-state index in [9.17, 15) is 4.79 Å². The van der Waals surface area contributed by atoms with E-state index in [0.717, 1.165) is 23.6 Å². The van der Waals surface area contributed by atoms with Crippen LogP contribution in [-0.4, -0.2) is 43.6 Å². The number of aryl methyl sites for hydroxylation is 1. The molecule has 0 unspecified atom stereocenters. The third-order valence-corrected chi connectivity index (χ3v) is 4.51. The van der Waals surface area contributed by atoms with Gasteiger partial charge >= 0.3 is 0 Å². The number of methoxy groups -OCH3 is 1. The van der Waals surface area contributed by atoms with Crippen molar-refractivity contribution in [2.24, 2.45) is 4.99 Å². The van der Waals surface area contributed by atoms with Crippen LogP contribution in [0.15, 0.2) is 34.8 Å². The van der Waals surface area contributed by atoms with Crippen molar-refractivity contribution in [3.05, 3.63) is 45.9 Å². The van der Waals surface area contributed by atoms with Gasteiger partial charge in [0, 0.05) is 19.6 Å². The van der Waals surface area contributed by atoms with Gasteiger partial charge in [0.1, 0.15) is 10.6 Å². The number of guanidine groups is 1. The standard InChI is InChI=1S/C18H25N5O2S.HI/c1-4-19-18(22-11-14-5-7-15(25-3)8-6-14)21-10-9-20-17(24)16-13(2)23-12-26-16;/h5-8,12H,4,9-11H2,1-3H3,(H,20,24)(H2,19,21,22);1H. The van der Waals surface area contributed by atoms with E-state index in [4.69, 9.17) is 4.74 Å². The van der Waals surface area contributed by atoms with Gasteiger partial charge in [0.05, 0.1) is 24.9 Å². The Morgan fingerprint density at radius 3 is 2.48 bits per heavy atom. The summed E-state index contributed by atoms with van der Waals surface area (Å²) in [7, 11) is 1.65. The van der Waals surface area contributed by atoms with Gasteiger partial charge in [-0.15, -0.1) is 35.3 Å². The van der Waals surface area contributed by atoms with Crippen molar-refractivity contribution < 1.29 is 9.53 Å². The average molecular weight is 503 g/mol. The number of carbonyl (C=O) groups excluding carboxylic acids is 1. The van der Waals surface area contributed by atoms with Gasteiger partial charge in [-0.1, -0.05) is 12.1 Å². The summed E-state index contributed by atoms with van der Waals surface area (Å²) in [4.78, 5) is 21.3. The Labute approximate surface area is 181 Å². The first-order chi connectivity index (χ1) is 12.6. The minimum Gasteiger partial charge on any atom is -0.497 e. The summed E-state index contributed by atoms with van der Waals surface area (Å²) < 4.78 is 5.15. The summed E-state index contributed by atoms with van der Waals surface area (Å²) in [6, 6.07) is 7.82. The van der Waals surface area contributed by atoms with Crippen LogP contribution in [0.4, 0.5) is 0 Å². The molecule has 0 aliphatic heterocycles. The second-order valence-corrected chi connectivity index (χ2v) is 6.35. The molecule has 0 fully saturated rings. The third-order valence-electron chi connectivity index (χ3n) is 3.58. The number of carbonyl (C=O) groups is 1. The largest absolute Gasteiger partial charge is 0.497 e. The number of nitrogens with zero attached hydrogens (tertiary/aromatic N) is 2. The molecule has 0 radical (unpaired) electrons. The van der Waals surface area contributed by atoms with Gasteiger partial charge in [-0.2, -0.15) is 0 Å². The maximum absolute atomic E-state index is 12.0. The predicted molar refractivity (Wildman–Crippen MR) is 120 cm³/mol. The highest BCUT2D eigenvalue weighted by atomic mass is 127. The Balaban J connectivity index is 0.00000364. The molecule has 0 atom stereocenters. The van der Waals surface area contributed by atoms with Crippen molar-refractivity contribution in [1.82, 2.24) is 20.9 Å². The Morgan fingerprint density at radius 1 is 1.19 bits per heavy atom. The van der Waals surface area contributed by atoms with Crippen molar-refractivity contribution in [2.45, 2.75) is 20.4 Å². The molecule has 2 rings (SSSR count). The molecule has 0 spiro atoms. The number of nitrogens with one attached hydrogen (secondary N) is 3. The second kappa shape index (κ2) is 12.5. The number of aromatic nitrogens is 1. The summed E-state index contributed by atoms with van der Waals surface area (Å²) in [5.74, 6) is 1.45. The Hall–Kier alpha value is -1.88. The van der Waals surface area contributed by atoms with E-state index in [1.54, 1.807) is 12.6 Å². The summed E-state index contributed by atoms with van der Waals surface area (Å²) in [6.07, 6.45) is 0. The molecule has 1 aromatic heterocycles. The fraction of sp³-hybridized carbons (Fsp3) is 0.389. The number of amides is 1. The SMILES string of the molecule is CCNC(=NCc1ccc(OC)cc1)NCCNC(=O)c1scnc1C.I. The van der Waals surface area contributed by atoms with Crippen LogP contribution < -0.4 is 20.7 Å². The number of benzene rings is 1. The summed E-state index contributed by atoms with van der Waals surface area (Å²) in [6.45, 7) is 6.26. The molecule has 2 aromatic rings. The molecule has 1 heterocycles. The highest BCUT2D eigenvalue weighted by Crippen LogP contribution is 2.12. The van der Waals surface area contributed by atoms with Crippen molar-refractivity contribution in [2.75, 3.05) is 26.7 Å². The van der Waals surface area contributed by atoms with E-state index in [1.807, 2.05) is 38.1 Å². The first kappa shape index (κ1) is 23.2. The van der Waals surface area contributed by atoms with Gasteiger partial charge in [-0.25, -0.2) is 9.98 Å². The molecule has 0 saturated heterocycles. The summed E-state index contributed by atoms with van der Waals surface area (Å²) in [5.41, 5.74) is 3.53. The highest BCUT2D eigenvalue weighted by Gasteiger charge is 2.10. The Morgan fingerprint density at radius 2 is 1.89 bits per heavy atom. The first-order valence-electron chi connectivity index (χ1n) is 8.47. The lowest BCUT2D eigenvalue weighted by Crippen LogP contribution is -2.41. The van der Waals surface area contributed by atoms with Crippen molar-refractivity contribution >= 4 is 47.2 Å². The number of rotatable bonds is 8. The molecular weight excluding hydrogens is 477 g/mol. The number of halogens is 1. The lowest BCUT2D eigenvalue weighted by atomic mass is 10.2. The maximum Gasteiger partial charge on any atom is 0.263 e. The van der Waals surface area contributed by atoms with Gasteiger partial charge < -0.3 is 20.7 Å². The van der Waals surface area contributed by atoms with Gasteiger partial charge in [0.25, 0.3) is 5.91 Å². The highest BCUT2D eigenvalue weighted by molar-refractivity contribution is 14.0. The Bertz CT molecular complexity index is 734. The molecule has 7 nitrogen and oxygen atoms in total. The van der Waals surface area contributed by atoms with E-state index < -0.39 is 0 Å². The number of hydrogen-bond acceptors (Lipinski definition) is 5. The fourth-order valence-electron chi connectivity index (χ4n) is 2.20. The molecule has 27 heavy (non-hydrogen) atoms. The maximum atomic E-state index is 12.0. The van der Waals surface area contributed by atoms with E-state index in [-0.39, 0.29) is 29.9 Å². The smallest absolute Gasteiger partial charge is 0.263 e. The first-order valence-corrected chi connectivity index (χ1v) is 9.35. The van der Waals surface area contributed by atoms with Crippen LogP contribution >= 0.6 is 35.3 Å². The van der Waals surface area contributed by atoms with Crippen molar-refractivity contribution in [3.63, 3.8) is 0 Å². The zero-order valence-corrected chi connectivity index (χ0v) is 18.9. The van der Waals surface area contributed by atoms with Crippen molar-refractivity contribution in [1.29, 1.82) is 0 Å². The topological polar surface area (TPSA) is 87.6 Å². The number of hydrogen-bond donors (Lipinski definition) is 3. The van der Waals surface area contributed by atoms with Crippen molar-refractivity contribution in [3.8, 4) is 5.75 Å². The molecular formula is C18H26IN5O2S. The van der Waals surface area contributed by atoms with Gasteiger partial charge in [0.15, 0.2) is 5.96 Å². The molecule has 0 aliphatic carbocycles. The van der Waals surface area contributed by atoms with Gasteiger partial charge in [0.2, 0.25) is 0 Å². The van der Waals surface area contributed by atoms with Gasteiger partial charge in [-0.3, -0.25) is 4.79 Å². The minimum atomic E-state index is -0.0908. The molecule has 3 N–H and O–H groups in total. The zero-order chi connectivity index (χ0) is 18.8. The quantitative estimate of drug-likeness (QED) is 0.223. The molecule has 148 valence electrons. The van der Waals surface area contributed by atoms with E-state index in [2.05, 4.69) is 25.9 Å². The van der Waals surface area contributed by atoms with E-state index >= 15 is 0 Å². The predicted octanol–water partition coefficient (Wildman–Crippen LogP) is 2.56. The fourth-order valence-corrected chi connectivity index (χ4v) is 2.92. The minimum absolute atomic E-state index is 0. The van der Waals surface area contributed by atoms with Crippen LogP contribution in [0.2, 0.25) is 0 Å². The van der Waals surface area contributed by atoms with Gasteiger partial charge in [-0.05, 0) is 31.5 Å². The normalized spacial score (nSPS) is 10.7. The van der Waals surface area contributed by atoms with Crippen LogP contribution in [0.1, 0.15) is 27.9 Å². The van der Waals surface area contributed by atoms with E-state index in [1.165, 1.54) is 11.3 Å². The lowest BCUT2D eigenvalue weighted by molar-refractivity contribution is 0.0957. The molecule has 9 heteroatoms.